The summed E-state index contributed by atoms with van der Waals surface area (Å²) >= 11 is 3.64. The maximum atomic E-state index is 6.26. The summed E-state index contributed by atoms with van der Waals surface area (Å²) in [6, 6.07) is 13.0. The van der Waals surface area contributed by atoms with E-state index in [2.05, 4.69) is 64.6 Å². The van der Waals surface area contributed by atoms with E-state index in [1.165, 1.54) is 26.3 Å². The maximum Gasteiger partial charge on any atom is 0.139 e. The van der Waals surface area contributed by atoms with Crippen LogP contribution in [-0.4, -0.2) is 10.2 Å². The molecular weight excluding hydrogens is 406 g/mol. The molecule has 0 N–H and O–H groups in total. The molecule has 3 heterocycles. The van der Waals surface area contributed by atoms with Crippen molar-refractivity contribution in [1.82, 2.24) is 4.98 Å². The van der Waals surface area contributed by atoms with Crippen molar-refractivity contribution in [3.05, 3.63) is 65.7 Å². The zero-order valence-electron chi connectivity index (χ0n) is 17.8. The van der Waals surface area contributed by atoms with Gasteiger partial charge in [-0.2, -0.15) is 0 Å². The van der Waals surface area contributed by atoms with Gasteiger partial charge in [-0.3, -0.25) is 4.98 Å². The number of furan rings is 1. The molecule has 0 fully saturated rings. The average Bonchev–Trinajstić information content (AvgIpc) is 3.26. The number of fused-ring (bicyclic) bond motifs is 5. The van der Waals surface area contributed by atoms with Crippen molar-refractivity contribution >= 4 is 45.5 Å². The Morgan fingerprint density at radius 2 is 1.93 bits per heavy atom. The number of pyridine rings is 1. The molecule has 0 spiro atoms. The highest BCUT2D eigenvalue weighted by molar-refractivity contribution is 8.02. The number of hydrogen-bond acceptors (Lipinski definition) is 4. The summed E-state index contributed by atoms with van der Waals surface area (Å²) in [6.45, 7) is 13.0. The van der Waals surface area contributed by atoms with Crippen molar-refractivity contribution in [3.8, 4) is 11.3 Å². The normalized spacial score (nSPS) is 16.3. The predicted molar refractivity (Wildman–Crippen MR) is 131 cm³/mol. The van der Waals surface area contributed by atoms with Crippen LogP contribution in [0, 0.1) is 0 Å². The Hall–Kier alpha value is -2.17. The zero-order chi connectivity index (χ0) is 21.0. The second kappa shape index (κ2) is 7.21. The van der Waals surface area contributed by atoms with Gasteiger partial charge in [0.25, 0.3) is 0 Å². The molecule has 1 unspecified atom stereocenters. The van der Waals surface area contributed by atoms with Gasteiger partial charge in [0.1, 0.15) is 11.2 Å². The lowest BCUT2D eigenvalue weighted by Crippen LogP contribution is -2.12. The monoisotopic (exact) mass is 431 g/mol. The van der Waals surface area contributed by atoms with Crippen LogP contribution in [0.15, 0.2) is 68.8 Å². The van der Waals surface area contributed by atoms with E-state index in [9.17, 15) is 0 Å². The number of hydrogen-bond donors (Lipinski definition) is 0. The molecule has 152 valence electrons. The van der Waals surface area contributed by atoms with Crippen LogP contribution in [0.3, 0.4) is 0 Å². The summed E-state index contributed by atoms with van der Waals surface area (Å²) in [5, 5.41) is 4.85. The minimum absolute atomic E-state index is 0.0280. The fourth-order valence-electron chi connectivity index (χ4n) is 4.34. The minimum atomic E-state index is 0.0280. The van der Waals surface area contributed by atoms with Crippen molar-refractivity contribution < 1.29 is 4.42 Å². The number of nitrogens with zero attached hydrogens (tertiary/aromatic N) is 1. The van der Waals surface area contributed by atoms with Gasteiger partial charge < -0.3 is 4.42 Å². The SMILES string of the molecule is C=CSc1ccc(-c2nccc3oc4ccc5c(c4c23)SC(C)C5)cc1C(C)(C)C. The van der Waals surface area contributed by atoms with Crippen LogP contribution in [0.2, 0.25) is 0 Å². The molecule has 0 radical (unpaired) electrons. The van der Waals surface area contributed by atoms with Gasteiger partial charge >= 0.3 is 0 Å². The standard InChI is InChI=1S/C26H25NOS2/c1-6-29-21-10-8-16(14-18(21)26(3,4)5)24-22-20(11-12-27-24)28-19-9-7-17-13-15(2)30-25(17)23(19)22/h6-12,14-15H,1,13H2,2-5H3. The smallest absolute Gasteiger partial charge is 0.139 e. The lowest BCUT2D eigenvalue weighted by atomic mass is 9.85. The van der Waals surface area contributed by atoms with E-state index in [0.717, 1.165) is 34.2 Å². The van der Waals surface area contributed by atoms with Crippen molar-refractivity contribution in [2.45, 2.75) is 54.6 Å². The summed E-state index contributed by atoms with van der Waals surface area (Å²) in [6.07, 6.45) is 2.97. The molecule has 0 aliphatic carbocycles. The van der Waals surface area contributed by atoms with Gasteiger partial charge in [-0.05, 0) is 52.6 Å². The molecule has 1 atom stereocenters. The summed E-state index contributed by atoms with van der Waals surface area (Å²) in [5.74, 6) is 0. The van der Waals surface area contributed by atoms with E-state index in [1.54, 1.807) is 11.8 Å². The van der Waals surface area contributed by atoms with Crippen LogP contribution in [-0.2, 0) is 11.8 Å². The lowest BCUT2D eigenvalue weighted by molar-refractivity contribution is 0.578. The maximum absolute atomic E-state index is 6.26. The topological polar surface area (TPSA) is 26.0 Å². The van der Waals surface area contributed by atoms with E-state index in [1.807, 2.05) is 29.4 Å². The molecule has 5 rings (SSSR count). The number of aromatic nitrogens is 1. The molecule has 2 aromatic heterocycles. The third-order valence-electron chi connectivity index (χ3n) is 5.68. The molecule has 2 aromatic carbocycles. The van der Waals surface area contributed by atoms with Crippen LogP contribution >= 0.6 is 23.5 Å². The quantitative estimate of drug-likeness (QED) is 0.305. The highest BCUT2D eigenvalue weighted by Gasteiger charge is 2.26. The van der Waals surface area contributed by atoms with Gasteiger partial charge in [0.15, 0.2) is 0 Å². The van der Waals surface area contributed by atoms with Crippen molar-refractivity contribution in [2.75, 3.05) is 0 Å². The Kier molecular flexibility index (Phi) is 4.75. The van der Waals surface area contributed by atoms with E-state index >= 15 is 0 Å². The first-order chi connectivity index (χ1) is 14.4. The zero-order valence-corrected chi connectivity index (χ0v) is 19.4. The fraction of sp³-hybridized carbons (Fsp3) is 0.269. The van der Waals surface area contributed by atoms with Crippen LogP contribution in [0.25, 0.3) is 33.2 Å². The molecule has 0 bridgehead atoms. The number of benzene rings is 2. The Morgan fingerprint density at radius 1 is 1.13 bits per heavy atom. The average molecular weight is 432 g/mol. The van der Waals surface area contributed by atoms with Gasteiger partial charge in [0.2, 0.25) is 0 Å². The highest BCUT2D eigenvalue weighted by Crippen LogP contribution is 2.47. The minimum Gasteiger partial charge on any atom is -0.456 e. The largest absolute Gasteiger partial charge is 0.456 e. The van der Waals surface area contributed by atoms with Gasteiger partial charge in [-0.25, -0.2) is 0 Å². The molecule has 30 heavy (non-hydrogen) atoms. The first-order valence-corrected chi connectivity index (χ1v) is 12.0. The van der Waals surface area contributed by atoms with Gasteiger partial charge in [-0.15, -0.1) is 11.8 Å². The molecule has 0 amide bonds. The van der Waals surface area contributed by atoms with Crippen LogP contribution in [0.1, 0.15) is 38.8 Å². The van der Waals surface area contributed by atoms with Gasteiger partial charge in [0.05, 0.1) is 11.1 Å². The van der Waals surface area contributed by atoms with Crippen molar-refractivity contribution in [3.63, 3.8) is 0 Å². The Bertz CT molecular complexity index is 1300. The molecular formula is C26H25NOS2. The third kappa shape index (κ3) is 3.17. The van der Waals surface area contributed by atoms with E-state index in [-0.39, 0.29) is 5.41 Å². The molecule has 2 nitrogen and oxygen atoms in total. The Labute approximate surface area is 186 Å². The summed E-state index contributed by atoms with van der Waals surface area (Å²) in [5.41, 5.74) is 6.76. The van der Waals surface area contributed by atoms with Gasteiger partial charge in [0, 0.05) is 32.2 Å². The second-order valence-electron chi connectivity index (χ2n) is 8.94. The van der Waals surface area contributed by atoms with E-state index in [4.69, 9.17) is 9.40 Å². The first-order valence-electron chi connectivity index (χ1n) is 10.3. The molecule has 0 saturated heterocycles. The van der Waals surface area contributed by atoms with Crippen LogP contribution < -0.4 is 0 Å². The van der Waals surface area contributed by atoms with Crippen LogP contribution in [0.5, 0.6) is 0 Å². The predicted octanol–water partition coefficient (Wildman–Crippen LogP) is 8.22. The Morgan fingerprint density at radius 3 is 2.70 bits per heavy atom. The van der Waals surface area contributed by atoms with E-state index < -0.39 is 0 Å². The lowest BCUT2D eigenvalue weighted by Gasteiger charge is -2.23. The van der Waals surface area contributed by atoms with Crippen molar-refractivity contribution in [1.29, 1.82) is 0 Å². The molecule has 1 aliphatic heterocycles. The Balaban J connectivity index is 1.80. The number of thioether (sulfide) groups is 2. The van der Waals surface area contributed by atoms with E-state index in [0.29, 0.717) is 5.25 Å². The summed E-state index contributed by atoms with van der Waals surface area (Å²) in [7, 11) is 0. The molecule has 4 heteroatoms. The summed E-state index contributed by atoms with van der Waals surface area (Å²) < 4.78 is 6.26. The number of rotatable bonds is 3. The molecule has 0 saturated carbocycles. The summed E-state index contributed by atoms with van der Waals surface area (Å²) in [4.78, 5) is 7.46. The van der Waals surface area contributed by atoms with Gasteiger partial charge in [-0.1, -0.05) is 58.2 Å². The highest BCUT2D eigenvalue weighted by atomic mass is 32.2. The second-order valence-corrected chi connectivity index (χ2v) is 11.4. The molecule has 1 aliphatic rings. The van der Waals surface area contributed by atoms with Crippen LogP contribution in [0.4, 0.5) is 0 Å². The fourth-order valence-corrected chi connectivity index (χ4v) is 6.45. The molecule has 4 aromatic rings. The third-order valence-corrected chi connectivity index (χ3v) is 7.73. The van der Waals surface area contributed by atoms with Crippen molar-refractivity contribution in [2.24, 2.45) is 0 Å². The first kappa shape index (κ1) is 19.8.